The van der Waals surface area contributed by atoms with Crippen LogP contribution in [0, 0.1) is 18.8 Å². The number of piperidine rings is 1. The zero-order valence-electron chi connectivity index (χ0n) is 11.6. The summed E-state index contributed by atoms with van der Waals surface area (Å²) in [6.45, 7) is 6.59. The van der Waals surface area contributed by atoms with E-state index in [9.17, 15) is 0 Å². The molecule has 19 heavy (non-hydrogen) atoms. The lowest BCUT2D eigenvalue weighted by molar-refractivity contribution is 0.128. The van der Waals surface area contributed by atoms with E-state index in [2.05, 4.69) is 20.0 Å². The average Bonchev–Trinajstić information content (AvgIpc) is 3.16. The van der Waals surface area contributed by atoms with Crippen molar-refractivity contribution in [3.05, 3.63) is 5.89 Å². The van der Waals surface area contributed by atoms with Crippen LogP contribution in [0.5, 0.6) is 0 Å². The molecule has 1 aliphatic carbocycles. The van der Waals surface area contributed by atoms with Crippen molar-refractivity contribution in [3.8, 4) is 0 Å². The minimum Gasteiger partial charge on any atom is -0.408 e. The summed E-state index contributed by atoms with van der Waals surface area (Å²) in [5.41, 5.74) is 0. The second-order valence-electron chi connectivity index (χ2n) is 6.50. The number of nitrogens with zero attached hydrogens (tertiary/aromatic N) is 4. The quantitative estimate of drug-likeness (QED) is 0.829. The molecular formula is C14H22N4O. The molecule has 4 aliphatic rings. The Morgan fingerprint density at radius 1 is 1.11 bits per heavy atom. The van der Waals surface area contributed by atoms with E-state index in [-0.39, 0.29) is 0 Å². The number of anilines is 1. The second kappa shape index (κ2) is 4.47. The summed E-state index contributed by atoms with van der Waals surface area (Å²) in [4.78, 5) is 5.05. The van der Waals surface area contributed by atoms with Gasteiger partial charge in [-0.2, -0.15) is 0 Å². The normalized spacial score (nSPS) is 31.7. The van der Waals surface area contributed by atoms with Gasteiger partial charge in [-0.1, -0.05) is 5.10 Å². The van der Waals surface area contributed by atoms with E-state index in [4.69, 9.17) is 4.42 Å². The van der Waals surface area contributed by atoms with Crippen molar-refractivity contribution in [1.29, 1.82) is 0 Å². The summed E-state index contributed by atoms with van der Waals surface area (Å²) < 4.78 is 5.62. The van der Waals surface area contributed by atoms with Gasteiger partial charge in [0, 0.05) is 39.1 Å². The zero-order chi connectivity index (χ0) is 12.8. The van der Waals surface area contributed by atoms with E-state index < -0.39 is 0 Å². The highest BCUT2D eigenvalue weighted by Crippen LogP contribution is 2.35. The number of aromatic nitrogens is 2. The molecule has 0 N–H and O–H groups in total. The SMILES string of the molecule is Cc1nnc(N2C[C@@H]3CC[C@H](C2)N(CC2CC2)C3)o1. The second-order valence-corrected chi connectivity index (χ2v) is 6.50. The van der Waals surface area contributed by atoms with Gasteiger partial charge < -0.3 is 9.32 Å². The number of hydrogen-bond acceptors (Lipinski definition) is 5. The molecule has 104 valence electrons. The van der Waals surface area contributed by atoms with E-state index in [1.165, 1.54) is 38.8 Å². The van der Waals surface area contributed by atoms with Crippen LogP contribution in [0.3, 0.4) is 0 Å². The van der Waals surface area contributed by atoms with E-state index in [1.54, 1.807) is 0 Å². The van der Waals surface area contributed by atoms with Crippen LogP contribution in [0.25, 0.3) is 0 Å². The van der Waals surface area contributed by atoms with Crippen LogP contribution in [0.15, 0.2) is 4.42 Å². The van der Waals surface area contributed by atoms with E-state index in [1.807, 2.05) is 6.92 Å². The van der Waals surface area contributed by atoms with Crippen LogP contribution < -0.4 is 4.90 Å². The molecule has 1 saturated carbocycles. The maximum Gasteiger partial charge on any atom is 0.318 e. The Morgan fingerprint density at radius 2 is 2.00 bits per heavy atom. The van der Waals surface area contributed by atoms with Crippen molar-refractivity contribution >= 4 is 6.01 Å². The van der Waals surface area contributed by atoms with Crippen molar-refractivity contribution in [3.63, 3.8) is 0 Å². The van der Waals surface area contributed by atoms with Crippen LogP contribution >= 0.6 is 0 Å². The highest BCUT2D eigenvalue weighted by Gasteiger charge is 2.38. The maximum absolute atomic E-state index is 5.62. The third-order valence-corrected chi connectivity index (χ3v) is 4.80. The van der Waals surface area contributed by atoms with Crippen LogP contribution in [0.2, 0.25) is 0 Å². The van der Waals surface area contributed by atoms with Crippen LogP contribution in [-0.2, 0) is 0 Å². The van der Waals surface area contributed by atoms with Crippen molar-refractivity contribution in [1.82, 2.24) is 15.1 Å². The Labute approximate surface area is 114 Å². The number of fused-ring (bicyclic) bond motifs is 4. The molecule has 0 radical (unpaired) electrons. The van der Waals surface area contributed by atoms with Gasteiger partial charge in [-0.3, -0.25) is 4.90 Å². The smallest absolute Gasteiger partial charge is 0.318 e. The van der Waals surface area contributed by atoms with E-state index >= 15 is 0 Å². The van der Waals surface area contributed by atoms with Crippen molar-refractivity contribution in [2.24, 2.45) is 11.8 Å². The number of aryl methyl sites for hydroxylation is 1. The van der Waals surface area contributed by atoms with Gasteiger partial charge in [0.05, 0.1) is 0 Å². The predicted molar refractivity (Wildman–Crippen MR) is 72.1 cm³/mol. The highest BCUT2D eigenvalue weighted by atomic mass is 16.4. The molecular weight excluding hydrogens is 240 g/mol. The molecule has 0 amide bonds. The summed E-state index contributed by atoms with van der Waals surface area (Å²) in [6.07, 6.45) is 5.58. The highest BCUT2D eigenvalue weighted by molar-refractivity contribution is 5.26. The molecule has 3 saturated heterocycles. The third kappa shape index (κ3) is 2.36. The minimum atomic E-state index is 0.668. The molecule has 0 aromatic carbocycles. The molecule has 1 aromatic heterocycles. The molecule has 5 rings (SSSR count). The lowest BCUT2D eigenvalue weighted by Gasteiger charge is -2.36. The summed E-state index contributed by atoms with van der Waals surface area (Å²) in [7, 11) is 0. The zero-order valence-corrected chi connectivity index (χ0v) is 11.6. The summed E-state index contributed by atoms with van der Waals surface area (Å²) in [5, 5.41) is 8.17. The average molecular weight is 262 g/mol. The molecule has 2 atom stereocenters. The first-order valence-corrected chi connectivity index (χ1v) is 7.57. The lowest BCUT2D eigenvalue weighted by Crippen LogP contribution is -2.44. The Bertz CT molecular complexity index is 456. The topological polar surface area (TPSA) is 45.4 Å². The van der Waals surface area contributed by atoms with Crippen LogP contribution in [0.1, 0.15) is 31.6 Å². The number of rotatable bonds is 3. The molecule has 5 heteroatoms. The predicted octanol–water partition coefficient (Wildman–Crippen LogP) is 1.69. The van der Waals surface area contributed by atoms with Gasteiger partial charge in [0.15, 0.2) is 0 Å². The van der Waals surface area contributed by atoms with Gasteiger partial charge in [0.25, 0.3) is 0 Å². The summed E-state index contributed by atoms with van der Waals surface area (Å²) in [6, 6.07) is 1.41. The van der Waals surface area contributed by atoms with Crippen LogP contribution in [0.4, 0.5) is 6.01 Å². The first-order chi connectivity index (χ1) is 9.28. The van der Waals surface area contributed by atoms with Gasteiger partial charge in [-0.05, 0) is 37.5 Å². The van der Waals surface area contributed by atoms with Gasteiger partial charge >= 0.3 is 6.01 Å². The minimum absolute atomic E-state index is 0.668. The van der Waals surface area contributed by atoms with Crippen molar-refractivity contribution in [2.75, 3.05) is 31.1 Å². The summed E-state index contributed by atoms with van der Waals surface area (Å²) in [5.74, 6) is 2.42. The Kier molecular flexibility index (Phi) is 2.76. The fourth-order valence-corrected chi connectivity index (χ4v) is 3.60. The van der Waals surface area contributed by atoms with Gasteiger partial charge in [-0.25, -0.2) is 0 Å². The standard InChI is InChI=1S/C14H22N4O/c1-10-15-16-14(19-10)18-8-12-4-5-13(9-18)17(7-12)6-11-2-3-11/h11-13H,2-9H2,1H3/t12-,13-/m1/s1. The van der Waals surface area contributed by atoms with Gasteiger partial charge in [0.1, 0.15) is 0 Å². The summed E-state index contributed by atoms with van der Waals surface area (Å²) >= 11 is 0. The molecule has 4 heterocycles. The monoisotopic (exact) mass is 262 g/mol. The number of hydrogen-bond donors (Lipinski definition) is 0. The molecule has 4 fully saturated rings. The Balaban J connectivity index is 1.51. The van der Waals surface area contributed by atoms with Crippen LogP contribution in [-0.4, -0.2) is 47.3 Å². The third-order valence-electron chi connectivity index (χ3n) is 4.80. The molecule has 0 unspecified atom stereocenters. The first-order valence-electron chi connectivity index (χ1n) is 7.57. The lowest BCUT2D eigenvalue weighted by atomic mass is 9.95. The van der Waals surface area contributed by atoms with Gasteiger partial charge in [-0.15, -0.1) is 5.10 Å². The molecule has 0 spiro atoms. The van der Waals surface area contributed by atoms with Crippen molar-refractivity contribution in [2.45, 2.75) is 38.6 Å². The van der Waals surface area contributed by atoms with Crippen molar-refractivity contribution < 1.29 is 4.42 Å². The maximum atomic E-state index is 5.62. The molecule has 1 aromatic rings. The molecule has 3 aliphatic heterocycles. The molecule has 2 bridgehead atoms. The Hall–Kier alpha value is -1.10. The largest absolute Gasteiger partial charge is 0.408 e. The fourth-order valence-electron chi connectivity index (χ4n) is 3.60. The first kappa shape index (κ1) is 11.7. The van der Waals surface area contributed by atoms with E-state index in [0.29, 0.717) is 11.9 Å². The fraction of sp³-hybridized carbons (Fsp3) is 0.857. The Morgan fingerprint density at radius 3 is 2.74 bits per heavy atom. The van der Waals surface area contributed by atoms with E-state index in [0.717, 1.165) is 30.9 Å². The van der Waals surface area contributed by atoms with Gasteiger partial charge in [0.2, 0.25) is 5.89 Å². The molecule has 5 nitrogen and oxygen atoms in total.